The van der Waals surface area contributed by atoms with Crippen molar-refractivity contribution in [1.82, 2.24) is 0 Å². The van der Waals surface area contributed by atoms with Gasteiger partial charge in [0, 0.05) is 47.5 Å². The van der Waals surface area contributed by atoms with Crippen LogP contribution in [0.3, 0.4) is 0 Å². The maximum absolute atomic E-state index is 14.1. The van der Waals surface area contributed by atoms with Crippen molar-refractivity contribution < 1.29 is 29.4 Å². The molecule has 4 rings (SSSR count). The van der Waals surface area contributed by atoms with E-state index in [0.29, 0.717) is 43.3 Å². The quantitative estimate of drug-likeness (QED) is 0.474. The first kappa shape index (κ1) is 29.1. The predicted molar refractivity (Wildman–Crippen MR) is 145 cm³/mol. The molecule has 6 heteroatoms. The van der Waals surface area contributed by atoms with Crippen LogP contribution in [0.25, 0.3) is 0 Å². The number of carbonyl (C=O) groups excluding carboxylic acids is 4. The number of Topliss-reactive ketones (excluding diaryl/α,β-unsaturated/α-hetero) is 3. The van der Waals surface area contributed by atoms with Crippen LogP contribution in [0.1, 0.15) is 100 Å². The number of rotatable bonds is 6. The van der Waals surface area contributed by atoms with Gasteiger partial charge in [-0.15, -0.1) is 0 Å². The largest absolute Gasteiger partial charge is 0.392 e. The number of carbonyl (C=O) groups is 4. The second kappa shape index (κ2) is 9.33. The van der Waals surface area contributed by atoms with Gasteiger partial charge in [0.2, 0.25) is 0 Å². The Morgan fingerprint density at radius 1 is 1.03 bits per heavy atom. The van der Waals surface area contributed by atoms with Gasteiger partial charge in [0.15, 0.2) is 11.6 Å². The van der Waals surface area contributed by atoms with E-state index in [2.05, 4.69) is 6.92 Å². The third-order valence-corrected chi connectivity index (χ3v) is 11.4. The molecule has 6 nitrogen and oxygen atoms in total. The van der Waals surface area contributed by atoms with E-state index < -0.39 is 33.9 Å². The summed E-state index contributed by atoms with van der Waals surface area (Å²) >= 11 is 0. The Labute approximate surface area is 227 Å². The Balaban J connectivity index is 1.76. The van der Waals surface area contributed by atoms with Gasteiger partial charge < -0.3 is 15.0 Å². The fraction of sp³-hybridized carbons (Fsp3) is 0.750. The number of aliphatic hydroxyl groups excluding tert-OH is 2. The van der Waals surface area contributed by atoms with Crippen LogP contribution in [0, 0.1) is 39.4 Å². The molecule has 0 heterocycles. The molecule has 2 N–H and O–H groups in total. The molecule has 8 atom stereocenters. The van der Waals surface area contributed by atoms with Gasteiger partial charge in [0.05, 0.1) is 12.2 Å². The minimum absolute atomic E-state index is 0.00433. The number of aliphatic hydroxyl groups is 2. The second-order valence-corrected chi connectivity index (χ2v) is 14.2. The minimum Gasteiger partial charge on any atom is -0.392 e. The van der Waals surface area contributed by atoms with Gasteiger partial charge >= 0.3 is 0 Å². The zero-order chi connectivity index (χ0) is 28.6. The van der Waals surface area contributed by atoms with Crippen molar-refractivity contribution in [3.63, 3.8) is 0 Å². The van der Waals surface area contributed by atoms with Crippen molar-refractivity contribution >= 4 is 23.1 Å². The highest BCUT2D eigenvalue weighted by Gasteiger charge is 2.69. The lowest BCUT2D eigenvalue weighted by Crippen LogP contribution is -2.60. The maximum Gasteiger partial charge on any atom is 0.160 e. The van der Waals surface area contributed by atoms with Crippen LogP contribution in [0.2, 0.25) is 0 Å². The molecule has 0 aromatic heterocycles. The average Bonchev–Trinajstić information content (AvgIpc) is 2.98. The molecular weight excluding hydrogens is 480 g/mol. The van der Waals surface area contributed by atoms with Gasteiger partial charge in [-0.25, -0.2) is 0 Å². The Morgan fingerprint density at radius 3 is 2.26 bits per heavy atom. The highest BCUT2D eigenvalue weighted by Crippen LogP contribution is 2.71. The number of fused-ring (bicyclic) bond motifs is 4. The molecular formula is C32H46O6. The SMILES string of the molecule is CC(=O)CC(C)CC(=O)C=C(C)C1CC(O)C2(C)C3=C(C(=O)CC12C)C1(C)CCC(=O)C(C)(C)C1CC3O. The zero-order valence-corrected chi connectivity index (χ0v) is 24.4. The fourth-order valence-electron chi connectivity index (χ4n) is 9.29. The molecule has 2 saturated carbocycles. The molecule has 0 aliphatic heterocycles. The Bertz CT molecular complexity index is 1140. The lowest BCUT2D eigenvalue weighted by Gasteiger charge is -2.61. The van der Waals surface area contributed by atoms with Gasteiger partial charge in [0.25, 0.3) is 0 Å². The summed E-state index contributed by atoms with van der Waals surface area (Å²) in [7, 11) is 0. The normalized spacial score (nSPS) is 41.4. The molecule has 8 unspecified atom stereocenters. The van der Waals surface area contributed by atoms with Crippen molar-refractivity contribution in [2.45, 2.75) is 113 Å². The molecule has 4 aliphatic rings. The van der Waals surface area contributed by atoms with Crippen LogP contribution in [-0.4, -0.2) is 45.6 Å². The maximum atomic E-state index is 14.1. The Hall–Kier alpha value is -1.92. The monoisotopic (exact) mass is 526 g/mol. The highest BCUT2D eigenvalue weighted by atomic mass is 16.3. The molecule has 0 radical (unpaired) electrons. The first-order valence-electron chi connectivity index (χ1n) is 14.3. The zero-order valence-electron chi connectivity index (χ0n) is 24.4. The molecule has 0 spiro atoms. The fourth-order valence-corrected chi connectivity index (χ4v) is 9.29. The van der Waals surface area contributed by atoms with Crippen LogP contribution in [0.5, 0.6) is 0 Å². The van der Waals surface area contributed by atoms with E-state index in [1.165, 1.54) is 6.92 Å². The predicted octanol–water partition coefficient (Wildman–Crippen LogP) is 4.95. The average molecular weight is 527 g/mol. The van der Waals surface area contributed by atoms with E-state index in [4.69, 9.17) is 0 Å². The molecule has 38 heavy (non-hydrogen) atoms. The minimum atomic E-state index is -0.909. The van der Waals surface area contributed by atoms with E-state index in [9.17, 15) is 29.4 Å². The Morgan fingerprint density at radius 2 is 1.66 bits per heavy atom. The van der Waals surface area contributed by atoms with Crippen molar-refractivity contribution in [1.29, 1.82) is 0 Å². The standard InChI is InChI=1S/C32H46O6/c1-17(11-19(3)33)12-20(34)13-18(2)21-14-26(38)32(8)28-22(35)15-24-29(4,5)25(37)9-10-30(24,6)27(28)23(36)16-31(21,32)7/h13,17,21-22,24,26,35,38H,9-12,14-16H2,1-8H3. The third kappa shape index (κ3) is 4.04. The van der Waals surface area contributed by atoms with Crippen molar-refractivity contribution in [3.05, 3.63) is 22.8 Å². The molecule has 210 valence electrons. The van der Waals surface area contributed by atoms with E-state index >= 15 is 0 Å². The second-order valence-electron chi connectivity index (χ2n) is 14.2. The first-order valence-corrected chi connectivity index (χ1v) is 14.3. The summed E-state index contributed by atoms with van der Waals surface area (Å²) in [5.41, 5.74) is -0.505. The van der Waals surface area contributed by atoms with Crippen LogP contribution in [-0.2, 0) is 19.2 Å². The van der Waals surface area contributed by atoms with E-state index in [-0.39, 0.29) is 53.7 Å². The number of allylic oxidation sites excluding steroid dienone is 3. The molecule has 4 aliphatic carbocycles. The van der Waals surface area contributed by atoms with Gasteiger partial charge in [0.1, 0.15) is 11.6 Å². The summed E-state index contributed by atoms with van der Waals surface area (Å²) in [5.74, 6) is -0.190. The number of hydrogen-bond acceptors (Lipinski definition) is 6. The van der Waals surface area contributed by atoms with Crippen LogP contribution in [0.4, 0.5) is 0 Å². The lowest BCUT2D eigenvalue weighted by molar-refractivity contribution is -0.145. The molecule has 0 bridgehead atoms. The van der Waals surface area contributed by atoms with Crippen LogP contribution in [0.15, 0.2) is 22.8 Å². The molecule has 0 saturated heterocycles. The molecule has 0 aromatic rings. The lowest BCUT2D eigenvalue weighted by atomic mass is 9.42. The molecule has 0 aromatic carbocycles. The van der Waals surface area contributed by atoms with Gasteiger partial charge in [-0.3, -0.25) is 14.4 Å². The van der Waals surface area contributed by atoms with Gasteiger partial charge in [-0.05, 0) is 67.9 Å². The van der Waals surface area contributed by atoms with Gasteiger partial charge in [-0.2, -0.15) is 0 Å². The van der Waals surface area contributed by atoms with Crippen molar-refractivity contribution in [3.8, 4) is 0 Å². The molecule has 2 fully saturated rings. The van der Waals surface area contributed by atoms with Gasteiger partial charge in [-0.1, -0.05) is 47.1 Å². The van der Waals surface area contributed by atoms with Crippen LogP contribution >= 0.6 is 0 Å². The Kier molecular flexibility index (Phi) is 7.14. The van der Waals surface area contributed by atoms with E-state index in [1.807, 2.05) is 41.5 Å². The number of ketones is 4. The summed E-state index contributed by atoms with van der Waals surface area (Å²) in [5, 5.41) is 23.3. The summed E-state index contributed by atoms with van der Waals surface area (Å²) < 4.78 is 0. The summed E-state index contributed by atoms with van der Waals surface area (Å²) in [6, 6.07) is 0. The summed E-state index contributed by atoms with van der Waals surface area (Å²) in [6.07, 6.45) is 2.62. The smallest absolute Gasteiger partial charge is 0.160 e. The van der Waals surface area contributed by atoms with Crippen LogP contribution < -0.4 is 0 Å². The summed E-state index contributed by atoms with van der Waals surface area (Å²) in [4.78, 5) is 51.3. The number of hydrogen-bond donors (Lipinski definition) is 2. The van der Waals surface area contributed by atoms with E-state index in [1.54, 1.807) is 6.08 Å². The first-order chi connectivity index (χ1) is 17.4. The third-order valence-electron chi connectivity index (χ3n) is 11.4. The van der Waals surface area contributed by atoms with Crippen molar-refractivity contribution in [2.75, 3.05) is 0 Å². The van der Waals surface area contributed by atoms with Crippen molar-refractivity contribution in [2.24, 2.45) is 39.4 Å². The molecule has 0 amide bonds. The van der Waals surface area contributed by atoms with E-state index in [0.717, 1.165) is 5.57 Å². The highest BCUT2D eigenvalue weighted by molar-refractivity contribution is 6.01. The topological polar surface area (TPSA) is 109 Å². The summed E-state index contributed by atoms with van der Waals surface area (Å²) in [6.45, 7) is 15.3.